The molecule has 2 N–H and O–H groups in total. The highest BCUT2D eigenvalue weighted by Crippen LogP contribution is 2.29. The Balaban J connectivity index is 2.32. The molecule has 2 rings (SSSR count). The Labute approximate surface area is 121 Å². The maximum absolute atomic E-state index is 12.4. The Morgan fingerprint density at radius 3 is 2.50 bits per heavy atom. The predicted molar refractivity (Wildman–Crippen MR) is 78.8 cm³/mol. The monoisotopic (exact) mass is 313 g/mol. The van der Waals surface area contributed by atoms with Crippen LogP contribution < -0.4 is 9.46 Å². The van der Waals surface area contributed by atoms with Gasteiger partial charge in [0.25, 0.3) is 10.0 Å². The van der Waals surface area contributed by atoms with Crippen molar-refractivity contribution in [3.63, 3.8) is 0 Å². The first-order valence-electron chi connectivity index (χ1n) is 5.82. The molecule has 1 aromatic carbocycles. The van der Waals surface area contributed by atoms with Gasteiger partial charge in [-0.1, -0.05) is 0 Å². The van der Waals surface area contributed by atoms with Gasteiger partial charge in [0.15, 0.2) is 0 Å². The van der Waals surface area contributed by atoms with Gasteiger partial charge >= 0.3 is 0 Å². The van der Waals surface area contributed by atoms with Crippen molar-refractivity contribution >= 4 is 27.0 Å². The number of methoxy groups -OCH3 is 1. The van der Waals surface area contributed by atoms with Crippen LogP contribution in [0, 0.1) is 6.92 Å². The molecule has 0 fully saturated rings. The average Bonchev–Trinajstić information content (AvgIpc) is 2.81. The van der Waals surface area contributed by atoms with Gasteiger partial charge in [0.2, 0.25) is 0 Å². The first-order chi connectivity index (χ1) is 9.47. The first-order valence-corrected chi connectivity index (χ1v) is 8.19. The van der Waals surface area contributed by atoms with E-state index in [-0.39, 0.29) is 11.5 Å². The highest BCUT2D eigenvalue weighted by molar-refractivity contribution is 7.93. The second-order valence-corrected chi connectivity index (χ2v) is 6.75. The van der Waals surface area contributed by atoms with Gasteiger partial charge in [-0.05, 0) is 42.1 Å². The Morgan fingerprint density at radius 2 is 1.95 bits per heavy atom. The maximum atomic E-state index is 12.4. The third kappa shape index (κ3) is 2.95. The van der Waals surface area contributed by atoms with Gasteiger partial charge in [-0.3, -0.25) is 4.72 Å². The van der Waals surface area contributed by atoms with Crippen molar-refractivity contribution in [2.24, 2.45) is 0 Å². The minimum Gasteiger partial charge on any atom is -0.497 e. The summed E-state index contributed by atoms with van der Waals surface area (Å²) in [6.45, 7) is 1.41. The lowest BCUT2D eigenvalue weighted by Crippen LogP contribution is -2.14. The summed E-state index contributed by atoms with van der Waals surface area (Å²) in [4.78, 5) is 0.587. The molecule has 0 unspecified atom stereocenters. The fourth-order valence-corrected chi connectivity index (χ4v) is 4.55. The highest BCUT2D eigenvalue weighted by atomic mass is 32.2. The number of rotatable bonds is 5. The summed E-state index contributed by atoms with van der Waals surface area (Å²) in [5.74, 6) is 0.649. The van der Waals surface area contributed by atoms with E-state index in [0.717, 1.165) is 0 Å². The van der Waals surface area contributed by atoms with Crippen molar-refractivity contribution in [3.8, 4) is 5.75 Å². The number of aryl methyl sites for hydroxylation is 1. The lowest BCUT2D eigenvalue weighted by molar-refractivity contribution is 0.282. The van der Waals surface area contributed by atoms with Crippen molar-refractivity contribution in [2.45, 2.75) is 18.4 Å². The van der Waals surface area contributed by atoms with Crippen molar-refractivity contribution in [1.82, 2.24) is 0 Å². The standard InChI is InChI=1S/C13H15NO4S2/c1-9-8-19-12(7-15)13(9)20(16,17)14-10-3-5-11(18-2)6-4-10/h3-6,8,14-15H,7H2,1-2H3. The molecule has 0 spiro atoms. The van der Waals surface area contributed by atoms with Crippen molar-refractivity contribution in [1.29, 1.82) is 0 Å². The quantitative estimate of drug-likeness (QED) is 0.888. The summed E-state index contributed by atoms with van der Waals surface area (Å²) in [6, 6.07) is 6.59. The Kier molecular flexibility index (Phi) is 4.32. The molecule has 0 bridgehead atoms. The molecule has 0 atom stereocenters. The van der Waals surface area contributed by atoms with E-state index in [4.69, 9.17) is 4.74 Å². The number of sulfonamides is 1. The third-order valence-corrected chi connectivity index (χ3v) is 5.57. The zero-order valence-electron chi connectivity index (χ0n) is 11.1. The molecule has 1 heterocycles. The van der Waals surface area contributed by atoms with Crippen LogP contribution in [0.5, 0.6) is 5.75 Å². The Morgan fingerprint density at radius 1 is 1.30 bits per heavy atom. The molecule has 0 aliphatic heterocycles. The minimum absolute atomic E-state index is 0.154. The van der Waals surface area contributed by atoms with Crippen molar-refractivity contribution in [3.05, 3.63) is 40.1 Å². The molecule has 7 heteroatoms. The van der Waals surface area contributed by atoms with E-state index in [9.17, 15) is 13.5 Å². The molecular weight excluding hydrogens is 298 g/mol. The second-order valence-electron chi connectivity index (χ2n) is 4.16. The smallest absolute Gasteiger partial charge is 0.263 e. The van der Waals surface area contributed by atoms with Crippen LogP contribution in [0.3, 0.4) is 0 Å². The van der Waals surface area contributed by atoms with Crippen LogP contribution in [0.25, 0.3) is 0 Å². The number of thiophene rings is 1. The predicted octanol–water partition coefficient (Wildman–Crippen LogP) is 2.36. The molecule has 0 saturated carbocycles. The van der Waals surface area contributed by atoms with Crippen molar-refractivity contribution in [2.75, 3.05) is 11.8 Å². The van der Waals surface area contributed by atoms with Crippen molar-refractivity contribution < 1.29 is 18.3 Å². The number of aliphatic hydroxyl groups is 1. The Bertz CT molecular complexity index is 690. The molecule has 1 aromatic heterocycles. The molecule has 0 aliphatic rings. The van der Waals surface area contributed by atoms with Gasteiger partial charge in [0.05, 0.1) is 18.6 Å². The summed E-state index contributed by atoms with van der Waals surface area (Å²) in [5, 5.41) is 10.9. The number of anilines is 1. The minimum atomic E-state index is -3.70. The SMILES string of the molecule is COc1ccc(NS(=O)(=O)c2c(C)csc2CO)cc1. The Hall–Kier alpha value is -1.57. The van der Waals surface area contributed by atoms with Crippen LogP contribution >= 0.6 is 11.3 Å². The maximum Gasteiger partial charge on any atom is 0.263 e. The lowest BCUT2D eigenvalue weighted by atomic mass is 10.3. The van der Waals surface area contributed by atoms with Gasteiger partial charge < -0.3 is 9.84 Å². The van der Waals surface area contributed by atoms with E-state index in [1.165, 1.54) is 11.3 Å². The molecule has 0 amide bonds. The molecule has 0 aliphatic carbocycles. The van der Waals surface area contributed by atoms with E-state index >= 15 is 0 Å². The van der Waals surface area contributed by atoms with Crippen LogP contribution in [0.15, 0.2) is 34.5 Å². The van der Waals surface area contributed by atoms with Gasteiger partial charge in [-0.15, -0.1) is 11.3 Å². The second kappa shape index (κ2) is 5.82. The highest BCUT2D eigenvalue weighted by Gasteiger charge is 2.22. The third-order valence-electron chi connectivity index (χ3n) is 2.74. The number of hydrogen-bond acceptors (Lipinski definition) is 5. The molecule has 5 nitrogen and oxygen atoms in total. The number of benzene rings is 1. The zero-order chi connectivity index (χ0) is 14.8. The fourth-order valence-electron chi connectivity index (χ4n) is 1.82. The number of aliphatic hydroxyl groups excluding tert-OH is 1. The van der Waals surface area contributed by atoms with E-state index in [1.54, 1.807) is 43.7 Å². The van der Waals surface area contributed by atoms with Crippen LogP contribution in [0.2, 0.25) is 0 Å². The zero-order valence-corrected chi connectivity index (χ0v) is 12.7. The van der Waals surface area contributed by atoms with Crippen LogP contribution in [-0.2, 0) is 16.6 Å². The molecule has 108 valence electrons. The van der Waals surface area contributed by atoms with Crippen LogP contribution in [0.4, 0.5) is 5.69 Å². The normalized spacial score (nSPS) is 11.3. The number of hydrogen-bond donors (Lipinski definition) is 2. The average molecular weight is 313 g/mol. The van der Waals surface area contributed by atoms with Gasteiger partial charge in [-0.25, -0.2) is 8.42 Å². The van der Waals surface area contributed by atoms with E-state index in [0.29, 0.717) is 21.9 Å². The lowest BCUT2D eigenvalue weighted by Gasteiger charge is -2.10. The van der Waals surface area contributed by atoms with E-state index < -0.39 is 10.0 Å². The summed E-state index contributed by atoms with van der Waals surface area (Å²) >= 11 is 1.23. The van der Waals surface area contributed by atoms with Gasteiger partial charge in [0.1, 0.15) is 10.6 Å². The number of nitrogens with one attached hydrogen (secondary N) is 1. The summed E-state index contributed by atoms with van der Waals surface area (Å²) in [7, 11) is -2.16. The topological polar surface area (TPSA) is 75.6 Å². The van der Waals surface area contributed by atoms with Gasteiger partial charge in [0, 0.05) is 5.69 Å². The molecular formula is C13H15NO4S2. The number of ether oxygens (including phenoxy) is 1. The summed E-state index contributed by atoms with van der Waals surface area (Å²) in [6.07, 6.45) is 0. The molecule has 0 radical (unpaired) electrons. The van der Waals surface area contributed by atoms with E-state index in [1.807, 2.05) is 0 Å². The fraction of sp³-hybridized carbons (Fsp3) is 0.231. The first kappa shape index (κ1) is 14.8. The molecule has 20 heavy (non-hydrogen) atoms. The van der Waals surface area contributed by atoms with Crippen LogP contribution in [-0.4, -0.2) is 20.6 Å². The largest absolute Gasteiger partial charge is 0.497 e. The summed E-state index contributed by atoms with van der Waals surface area (Å²) < 4.78 is 32.3. The van der Waals surface area contributed by atoms with Crippen LogP contribution in [0.1, 0.15) is 10.4 Å². The van der Waals surface area contributed by atoms with E-state index in [2.05, 4.69) is 4.72 Å². The summed E-state index contributed by atoms with van der Waals surface area (Å²) in [5.41, 5.74) is 1.07. The van der Waals surface area contributed by atoms with Gasteiger partial charge in [-0.2, -0.15) is 0 Å². The molecule has 2 aromatic rings. The molecule has 0 saturated heterocycles.